The van der Waals surface area contributed by atoms with Crippen LogP contribution < -0.4 is 21.3 Å². The second kappa shape index (κ2) is 11.1. The number of likely N-dealkylation sites (N-methyl/N-ethyl adjacent to an activating group) is 1. The first-order chi connectivity index (χ1) is 20.8. The summed E-state index contributed by atoms with van der Waals surface area (Å²) in [5.41, 5.74) is -2.18. The van der Waals surface area contributed by atoms with Crippen LogP contribution in [0.15, 0.2) is 34.2 Å². The summed E-state index contributed by atoms with van der Waals surface area (Å²) in [5, 5.41) is 12.7. The van der Waals surface area contributed by atoms with Crippen molar-refractivity contribution < 1.29 is 23.5 Å². The van der Waals surface area contributed by atoms with E-state index in [-0.39, 0.29) is 47.4 Å². The largest absolute Gasteiger partial charge is 0.366 e. The maximum Gasteiger partial charge on any atom is 0.248 e. The number of allylic oxidation sites excluding steroid dienone is 1. The Morgan fingerprint density at radius 1 is 1.09 bits per heavy atom. The molecule has 3 fully saturated rings. The molecule has 44 heavy (non-hydrogen) atoms. The van der Waals surface area contributed by atoms with Crippen molar-refractivity contribution in [2.75, 3.05) is 19.0 Å². The fourth-order valence-electron chi connectivity index (χ4n) is 8.57. The number of nitrogens with one attached hydrogen (secondary N) is 4. The molecule has 0 radical (unpaired) electrons. The first-order valence-corrected chi connectivity index (χ1v) is 16.1. The van der Waals surface area contributed by atoms with E-state index in [0.717, 1.165) is 12.8 Å². The van der Waals surface area contributed by atoms with Crippen molar-refractivity contribution in [3.63, 3.8) is 0 Å². The molecule has 0 bridgehead atoms. The number of carbonyl (C=O) groups is 3. The van der Waals surface area contributed by atoms with Gasteiger partial charge in [0, 0.05) is 40.8 Å². The standard InChI is InChI=1S/C32H40Cl2FN5O4/c1-29(2)9-11-31(12-10-29)32(19-7-5-17(33)15-20(19)39-28(32)43)23(30(3)13-14-37-25(34)24(30)35)22(40-31)27(42)38-18-6-8-21(44-16-18)26(41)36-4/h5,7,14-15,18,21-23,40H,6,8-13,16H2,1-4H3,(H,36,41)(H,38,42)(H,39,43)/t18-,21+,22-,23-,30?,32-/m1/s1. The third kappa shape index (κ3) is 4.70. The first-order valence-electron chi connectivity index (χ1n) is 15.4. The van der Waals surface area contributed by atoms with Crippen molar-refractivity contribution in [2.24, 2.45) is 21.7 Å². The molecule has 5 aliphatic rings. The Labute approximate surface area is 267 Å². The Kier molecular flexibility index (Phi) is 7.91. The molecule has 3 amide bonds. The van der Waals surface area contributed by atoms with Gasteiger partial charge in [-0.3, -0.25) is 19.7 Å². The molecule has 9 nitrogen and oxygen atoms in total. The number of carbonyl (C=O) groups excluding carboxylic acids is 3. The Bertz CT molecular complexity index is 1450. The highest BCUT2D eigenvalue weighted by Crippen LogP contribution is 2.66. The number of hydrogen-bond donors (Lipinski definition) is 4. The molecule has 6 rings (SSSR count). The molecule has 1 aromatic carbocycles. The van der Waals surface area contributed by atoms with Crippen LogP contribution in [0.5, 0.6) is 0 Å². The van der Waals surface area contributed by atoms with Crippen LogP contribution in [-0.4, -0.2) is 61.3 Å². The molecule has 0 aromatic heterocycles. The molecule has 6 atom stereocenters. The lowest BCUT2D eigenvalue weighted by molar-refractivity contribution is -0.137. The number of halogens is 3. The van der Waals surface area contributed by atoms with Gasteiger partial charge in [-0.05, 0) is 68.1 Å². The molecule has 1 saturated carbocycles. The van der Waals surface area contributed by atoms with Gasteiger partial charge in [0.15, 0.2) is 5.16 Å². The zero-order valence-electron chi connectivity index (χ0n) is 25.5. The van der Waals surface area contributed by atoms with Crippen molar-refractivity contribution in [1.82, 2.24) is 16.0 Å². The fourth-order valence-corrected chi connectivity index (χ4v) is 9.03. The highest BCUT2D eigenvalue weighted by atomic mass is 35.5. The van der Waals surface area contributed by atoms with Crippen LogP contribution in [0.25, 0.3) is 0 Å². The van der Waals surface area contributed by atoms with Crippen molar-refractivity contribution in [3.8, 4) is 0 Å². The average molecular weight is 649 g/mol. The van der Waals surface area contributed by atoms with Crippen molar-refractivity contribution in [1.29, 1.82) is 0 Å². The van der Waals surface area contributed by atoms with E-state index in [1.807, 2.05) is 6.07 Å². The minimum Gasteiger partial charge on any atom is -0.366 e. The minimum absolute atomic E-state index is 0.0402. The summed E-state index contributed by atoms with van der Waals surface area (Å²) >= 11 is 12.7. The summed E-state index contributed by atoms with van der Waals surface area (Å²) in [6.07, 6.45) is 5.00. The molecule has 1 aromatic rings. The van der Waals surface area contributed by atoms with Gasteiger partial charge in [-0.2, -0.15) is 0 Å². The molecule has 2 saturated heterocycles. The molecule has 4 aliphatic heterocycles. The Morgan fingerprint density at radius 2 is 1.82 bits per heavy atom. The molecule has 1 aliphatic carbocycles. The Hall–Kier alpha value is -2.53. The molecule has 12 heteroatoms. The lowest BCUT2D eigenvalue weighted by atomic mass is 9.49. The summed E-state index contributed by atoms with van der Waals surface area (Å²) in [6.45, 7) is 6.33. The Morgan fingerprint density at radius 3 is 2.48 bits per heavy atom. The lowest BCUT2D eigenvalue weighted by Gasteiger charge is -2.52. The highest BCUT2D eigenvalue weighted by molar-refractivity contribution is 6.31. The molecule has 4 N–H and O–H groups in total. The monoisotopic (exact) mass is 647 g/mol. The van der Waals surface area contributed by atoms with Crippen molar-refractivity contribution in [3.05, 3.63) is 39.8 Å². The van der Waals surface area contributed by atoms with Gasteiger partial charge in [0.25, 0.3) is 0 Å². The van der Waals surface area contributed by atoms with E-state index < -0.39 is 40.3 Å². The fraction of sp³-hybridized carbons (Fsp3) is 0.625. The number of nitrogens with zero attached hydrogens (tertiary/aromatic N) is 1. The summed E-state index contributed by atoms with van der Waals surface area (Å²) in [4.78, 5) is 45.3. The first kappa shape index (κ1) is 31.5. The van der Waals surface area contributed by atoms with Crippen LogP contribution >= 0.6 is 23.2 Å². The quantitative estimate of drug-likeness (QED) is 0.352. The van der Waals surface area contributed by atoms with E-state index >= 15 is 4.39 Å². The van der Waals surface area contributed by atoms with Crippen LogP contribution in [-0.2, 0) is 24.5 Å². The predicted molar refractivity (Wildman–Crippen MR) is 167 cm³/mol. The van der Waals surface area contributed by atoms with E-state index in [9.17, 15) is 14.4 Å². The third-order valence-electron chi connectivity index (χ3n) is 11.0. The summed E-state index contributed by atoms with van der Waals surface area (Å²) < 4.78 is 22.2. The van der Waals surface area contributed by atoms with Gasteiger partial charge in [0.05, 0.1) is 18.7 Å². The van der Waals surface area contributed by atoms with Gasteiger partial charge in [-0.15, -0.1) is 0 Å². The highest BCUT2D eigenvalue weighted by Gasteiger charge is 2.76. The van der Waals surface area contributed by atoms with Crippen LogP contribution in [0.4, 0.5) is 10.1 Å². The van der Waals surface area contributed by atoms with Crippen LogP contribution in [0.1, 0.15) is 71.3 Å². The van der Waals surface area contributed by atoms with E-state index in [4.69, 9.17) is 27.9 Å². The van der Waals surface area contributed by atoms with Crippen LogP contribution in [0.2, 0.25) is 5.02 Å². The average Bonchev–Trinajstić information content (AvgIpc) is 3.45. The van der Waals surface area contributed by atoms with Gasteiger partial charge < -0.3 is 20.7 Å². The zero-order chi connectivity index (χ0) is 31.7. The van der Waals surface area contributed by atoms with Crippen molar-refractivity contribution in [2.45, 2.75) is 94.9 Å². The van der Waals surface area contributed by atoms with Crippen molar-refractivity contribution >= 4 is 52.8 Å². The Balaban J connectivity index is 1.47. The number of hydrogen-bond acceptors (Lipinski definition) is 6. The van der Waals surface area contributed by atoms with E-state index in [1.54, 1.807) is 32.3 Å². The minimum atomic E-state index is -1.34. The lowest BCUT2D eigenvalue weighted by Crippen LogP contribution is -2.63. The number of anilines is 1. The van der Waals surface area contributed by atoms with Crippen LogP contribution in [0, 0.1) is 16.7 Å². The molecular weight excluding hydrogens is 608 g/mol. The third-order valence-corrected chi connectivity index (χ3v) is 11.5. The van der Waals surface area contributed by atoms with E-state index in [1.165, 1.54) is 0 Å². The molecule has 4 heterocycles. The zero-order valence-corrected chi connectivity index (χ0v) is 27.0. The van der Waals surface area contributed by atoms with Gasteiger partial charge >= 0.3 is 0 Å². The normalized spacial score (nSPS) is 35.5. The predicted octanol–water partition coefficient (Wildman–Crippen LogP) is 4.72. The SMILES string of the molecule is CNC(=O)[C@@H]1CC[C@@H](NC(=O)[C@@H]2NC3(CCC(C)(C)CC3)[C@@]3(C(=O)Nc4cc(Cl)ccc43)[C@H]2C2(C)CC=NC(Cl)=C2F)CO1. The number of ether oxygens (including phenoxy) is 1. The summed E-state index contributed by atoms with van der Waals surface area (Å²) in [7, 11) is 1.56. The van der Waals surface area contributed by atoms with Crippen LogP contribution in [0.3, 0.4) is 0 Å². The number of rotatable bonds is 4. The topological polar surface area (TPSA) is 121 Å². The molecule has 1 unspecified atom stereocenters. The second-order valence-corrected chi connectivity index (χ2v) is 14.8. The molecule has 238 valence electrons. The molecule has 2 spiro atoms. The maximum absolute atomic E-state index is 16.5. The summed E-state index contributed by atoms with van der Waals surface area (Å²) in [6, 6.07) is 4.02. The van der Waals surface area contributed by atoms with Gasteiger partial charge in [-0.25, -0.2) is 9.38 Å². The van der Waals surface area contributed by atoms with Gasteiger partial charge in [-0.1, -0.05) is 50.0 Å². The number of amides is 3. The van der Waals surface area contributed by atoms with E-state index in [2.05, 4.69) is 40.1 Å². The maximum atomic E-state index is 16.5. The number of fused-ring (bicyclic) bond motifs is 3. The number of aliphatic imine (C=N–C) groups is 1. The van der Waals surface area contributed by atoms with E-state index in [0.29, 0.717) is 42.0 Å². The van der Waals surface area contributed by atoms with Gasteiger partial charge in [0.2, 0.25) is 17.7 Å². The smallest absolute Gasteiger partial charge is 0.248 e. The van der Waals surface area contributed by atoms with Gasteiger partial charge in [0.1, 0.15) is 17.3 Å². The number of benzene rings is 1. The second-order valence-electron chi connectivity index (χ2n) is 14.1. The molecular formula is C32H40Cl2FN5O4. The summed E-state index contributed by atoms with van der Waals surface area (Å²) in [5.74, 6) is -2.32.